The van der Waals surface area contributed by atoms with E-state index in [1.165, 1.54) is 13.1 Å². The van der Waals surface area contributed by atoms with Gasteiger partial charge in [0.05, 0.1) is 6.20 Å². The molecule has 0 aliphatic carbocycles. The Morgan fingerprint density at radius 2 is 1.81 bits per heavy atom. The minimum atomic E-state index is -0.674. The fraction of sp³-hybridized carbons (Fsp3) is 0.429. The highest BCUT2D eigenvalue weighted by atomic mass is 19.1. The van der Waals surface area contributed by atoms with E-state index in [2.05, 4.69) is 10.3 Å². The van der Waals surface area contributed by atoms with Crippen LogP contribution in [0.5, 0.6) is 0 Å². The molecule has 21 heavy (non-hydrogen) atoms. The van der Waals surface area contributed by atoms with Crippen molar-refractivity contribution in [3.05, 3.63) is 41.2 Å². The first-order valence-electron chi connectivity index (χ1n) is 6.68. The van der Waals surface area contributed by atoms with Crippen LogP contribution in [0.15, 0.2) is 18.3 Å². The van der Waals surface area contributed by atoms with Gasteiger partial charge < -0.3 is 9.47 Å². The average molecular weight is 297 g/mol. The van der Waals surface area contributed by atoms with E-state index in [1.807, 2.05) is 13.8 Å². The second-order valence-corrected chi connectivity index (χ2v) is 4.38. The van der Waals surface area contributed by atoms with Crippen molar-refractivity contribution in [2.24, 2.45) is 0 Å². The van der Waals surface area contributed by atoms with Crippen molar-refractivity contribution in [3.8, 4) is 5.69 Å². The van der Waals surface area contributed by atoms with Gasteiger partial charge in [-0.1, -0.05) is 5.21 Å². The maximum atomic E-state index is 13.9. The molecule has 5 nitrogen and oxygen atoms in total. The van der Waals surface area contributed by atoms with Crippen molar-refractivity contribution >= 4 is 0 Å². The Labute approximate surface area is 121 Å². The second kappa shape index (κ2) is 6.73. The van der Waals surface area contributed by atoms with Crippen LogP contribution in [0.25, 0.3) is 5.69 Å². The molecule has 1 heterocycles. The van der Waals surface area contributed by atoms with Crippen molar-refractivity contribution in [1.82, 2.24) is 15.0 Å². The fourth-order valence-electron chi connectivity index (χ4n) is 1.84. The van der Waals surface area contributed by atoms with E-state index in [1.54, 1.807) is 0 Å². The lowest BCUT2D eigenvalue weighted by atomic mass is 10.2. The van der Waals surface area contributed by atoms with E-state index in [0.29, 0.717) is 18.9 Å². The Morgan fingerprint density at radius 1 is 1.14 bits per heavy atom. The number of aromatic nitrogens is 3. The van der Waals surface area contributed by atoms with Crippen molar-refractivity contribution in [3.63, 3.8) is 0 Å². The summed E-state index contributed by atoms with van der Waals surface area (Å²) in [6.45, 7) is 6.02. The number of rotatable bonds is 6. The van der Waals surface area contributed by atoms with Crippen LogP contribution in [-0.4, -0.2) is 28.2 Å². The quantitative estimate of drug-likeness (QED) is 0.769. The monoisotopic (exact) mass is 297 g/mol. The topological polar surface area (TPSA) is 49.2 Å². The smallest absolute Gasteiger partial charge is 0.204 e. The van der Waals surface area contributed by atoms with Crippen LogP contribution in [0.1, 0.15) is 31.4 Å². The van der Waals surface area contributed by atoms with E-state index in [-0.39, 0.29) is 11.3 Å². The molecule has 0 saturated carbocycles. The van der Waals surface area contributed by atoms with Crippen molar-refractivity contribution in [1.29, 1.82) is 0 Å². The number of aryl methyl sites for hydroxylation is 1. The molecule has 0 aliphatic heterocycles. The molecule has 0 fully saturated rings. The normalized spacial score (nSPS) is 11.3. The highest BCUT2D eigenvalue weighted by molar-refractivity contribution is 5.36. The summed E-state index contributed by atoms with van der Waals surface area (Å²) in [5.41, 5.74) is 0.626. The summed E-state index contributed by atoms with van der Waals surface area (Å²) >= 11 is 0. The molecule has 1 aromatic carbocycles. The van der Waals surface area contributed by atoms with Gasteiger partial charge in [-0.15, -0.1) is 5.10 Å². The fourth-order valence-corrected chi connectivity index (χ4v) is 1.84. The third-order valence-electron chi connectivity index (χ3n) is 2.86. The van der Waals surface area contributed by atoms with Crippen molar-refractivity contribution in [2.75, 3.05) is 13.2 Å². The Morgan fingerprint density at radius 3 is 2.43 bits per heavy atom. The number of halogens is 2. The molecular formula is C14H17F2N3O2. The van der Waals surface area contributed by atoms with Gasteiger partial charge in [-0.3, -0.25) is 0 Å². The number of benzene rings is 1. The van der Waals surface area contributed by atoms with Gasteiger partial charge in [0.25, 0.3) is 0 Å². The van der Waals surface area contributed by atoms with Crippen LogP contribution in [0, 0.1) is 18.6 Å². The lowest BCUT2D eigenvalue weighted by Gasteiger charge is -2.13. The Balaban J connectivity index is 2.33. The number of hydrogen-bond donors (Lipinski definition) is 0. The van der Waals surface area contributed by atoms with Gasteiger partial charge in [0, 0.05) is 19.3 Å². The Bertz CT molecular complexity index is 610. The molecule has 0 spiro atoms. The van der Waals surface area contributed by atoms with Crippen LogP contribution < -0.4 is 0 Å². The summed E-state index contributed by atoms with van der Waals surface area (Å²) in [4.78, 5) is 0. The van der Waals surface area contributed by atoms with E-state index in [0.717, 1.165) is 16.8 Å². The molecule has 0 amide bonds. The number of hydrogen-bond acceptors (Lipinski definition) is 4. The molecule has 114 valence electrons. The van der Waals surface area contributed by atoms with Crippen LogP contribution in [-0.2, 0) is 9.47 Å². The molecule has 1 aromatic heterocycles. The largest absolute Gasteiger partial charge is 0.347 e. The first kappa shape index (κ1) is 15.5. The zero-order valence-corrected chi connectivity index (χ0v) is 12.1. The standard InChI is InChI=1S/C14H17F2N3O2/c1-4-20-14(21-5-2)12-8-19(18-17-12)13-7-10(15)9(3)6-11(13)16/h6-8,14H,4-5H2,1-3H3. The van der Waals surface area contributed by atoms with E-state index in [9.17, 15) is 8.78 Å². The summed E-state index contributed by atoms with van der Waals surface area (Å²) in [6, 6.07) is 2.20. The Hall–Kier alpha value is -1.86. The summed E-state index contributed by atoms with van der Waals surface area (Å²) < 4.78 is 39.4. The lowest BCUT2D eigenvalue weighted by Crippen LogP contribution is -2.09. The zero-order valence-electron chi connectivity index (χ0n) is 12.1. The molecule has 2 rings (SSSR count). The number of ether oxygens (including phenoxy) is 2. The Kier molecular flexibility index (Phi) is 4.98. The van der Waals surface area contributed by atoms with Gasteiger partial charge >= 0.3 is 0 Å². The van der Waals surface area contributed by atoms with Gasteiger partial charge in [0.1, 0.15) is 23.0 Å². The highest BCUT2D eigenvalue weighted by Gasteiger charge is 2.18. The van der Waals surface area contributed by atoms with E-state index >= 15 is 0 Å². The van der Waals surface area contributed by atoms with Crippen LogP contribution in [0.4, 0.5) is 8.78 Å². The third-order valence-corrected chi connectivity index (χ3v) is 2.86. The van der Waals surface area contributed by atoms with E-state index < -0.39 is 17.9 Å². The predicted molar refractivity (Wildman–Crippen MR) is 72.0 cm³/mol. The van der Waals surface area contributed by atoms with Crippen molar-refractivity contribution < 1.29 is 18.3 Å². The molecule has 0 aliphatic rings. The predicted octanol–water partition coefficient (Wildman–Crippen LogP) is 2.93. The van der Waals surface area contributed by atoms with Gasteiger partial charge in [0.2, 0.25) is 6.29 Å². The van der Waals surface area contributed by atoms with Crippen LogP contribution >= 0.6 is 0 Å². The van der Waals surface area contributed by atoms with Gasteiger partial charge in [-0.05, 0) is 32.4 Å². The third kappa shape index (κ3) is 3.43. The molecular weight excluding hydrogens is 280 g/mol. The minimum Gasteiger partial charge on any atom is -0.347 e. The molecule has 0 N–H and O–H groups in total. The molecule has 0 saturated heterocycles. The van der Waals surface area contributed by atoms with Crippen LogP contribution in [0.3, 0.4) is 0 Å². The van der Waals surface area contributed by atoms with E-state index in [4.69, 9.17) is 9.47 Å². The van der Waals surface area contributed by atoms with Gasteiger partial charge in [-0.2, -0.15) is 0 Å². The summed E-state index contributed by atoms with van der Waals surface area (Å²) in [5.74, 6) is -1.08. The number of nitrogens with zero attached hydrogens (tertiary/aromatic N) is 3. The van der Waals surface area contributed by atoms with Gasteiger partial charge in [-0.25, -0.2) is 13.5 Å². The molecule has 0 unspecified atom stereocenters. The zero-order chi connectivity index (χ0) is 15.4. The van der Waals surface area contributed by atoms with Crippen molar-refractivity contribution in [2.45, 2.75) is 27.1 Å². The van der Waals surface area contributed by atoms with Crippen LogP contribution in [0.2, 0.25) is 0 Å². The summed E-state index contributed by atoms with van der Waals surface area (Å²) in [5, 5.41) is 7.70. The SMILES string of the molecule is CCOC(OCC)c1cn(-c2cc(F)c(C)cc2F)nn1. The molecule has 0 radical (unpaired) electrons. The molecule has 7 heteroatoms. The molecule has 0 atom stereocenters. The molecule has 2 aromatic rings. The first-order chi connectivity index (χ1) is 10.1. The van der Waals surface area contributed by atoms with Gasteiger partial charge in [0.15, 0.2) is 0 Å². The summed E-state index contributed by atoms with van der Waals surface area (Å²) in [6.07, 6.45) is 0.788. The maximum Gasteiger partial charge on any atom is 0.204 e. The highest BCUT2D eigenvalue weighted by Crippen LogP contribution is 2.20. The maximum absolute atomic E-state index is 13.9. The first-order valence-corrected chi connectivity index (χ1v) is 6.68. The molecule has 0 bridgehead atoms. The second-order valence-electron chi connectivity index (χ2n) is 4.38. The lowest BCUT2D eigenvalue weighted by molar-refractivity contribution is -0.142. The minimum absolute atomic E-state index is 0.0106. The summed E-state index contributed by atoms with van der Waals surface area (Å²) in [7, 11) is 0. The average Bonchev–Trinajstić information content (AvgIpc) is 2.92.